The Hall–Kier alpha value is -4.21. The molecule has 0 spiro atoms. The molecule has 5 aromatic rings. The van der Waals surface area contributed by atoms with Gasteiger partial charge in [0, 0.05) is 45.2 Å². The first-order valence-electron chi connectivity index (χ1n) is 10.4. The van der Waals surface area contributed by atoms with Crippen molar-refractivity contribution in [3.05, 3.63) is 77.9 Å². The van der Waals surface area contributed by atoms with Gasteiger partial charge in [-0.1, -0.05) is 0 Å². The van der Waals surface area contributed by atoms with Crippen LogP contribution in [0, 0.1) is 6.92 Å². The minimum atomic E-state index is 0.294. The standard InChI is InChI=1S/C26H17N3O4S2/c1-16-6-9-34-26(16)25-3-2-24(35-25)17-4-7-27-20(10-17)22-12-19(33-15-31)13-23(29-22)21-11-18(32-14-30)5-8-28-21/h2-15H,1H3. The van der Waals surface area contributed by atoms with E-state index in [0.717, 1.165) is 10.4 Å². The van der Waals surface area contributed by atoms with E-state index in [2.05, 4.69) is 45.5 Å². The summed E-state index contributed by atoms with van der Waals surface area (Å²) in [6.45, 7) is 2.81. The van der Waals surface area contributed by atoms with Crippen LogP contribution in [0.2, 0.25) is 0 Å². The summed E-state index contributed by atoms with van der Waals surface area (Å²) in [4.78, 5) is 38.8. The molecule has 172 valence electrons. The summed E-state index contributed by atoms with van der Waals surface area (Å²) >= 11 is 3.45. The summed E-state index contributed by atoms with van der Waals surface area (Å²) in [5.74, 6) is 0.618. The molecule has 0 amide bonds. The maximum atomic E-state index is 11.0. The largest absolute Gasteiger partial charge is 0.429 e. The lowest BCUT2D eigenvalue weighted by atomic mass is 10.1. The van der Waals surface area contributed by atoms with Crippen molar-refractivity contribution in [2.24, 2.45) is 0 Å². The summed E-state index contributed by atoms with van der Waals surface area (Å²) in [5.41, 5.74) is 4.28. The monoisotopic (exact) mass is 499 g/mol. The van der Waals surface area contributed by atoms with Crippen LogP contribution in [0.4, 0.5) is 0 Å². The van der Waals surface area contributed by atoms with E-state index in [1.807, 2.05) is 12.1 Å². The number of ether oxygens (including phenoxy) is 2. The Bertz CT molecular complexity index is 1530. The number of carbonyl (C=O) groups is 2. The molecule has 0 unspecified atom stereocenters. The van der Waals surface area contributed by atoms with Gasteiger partial charge in [0.2, 0.25) is 0 Å². The number of hydrogen-bond acceptors (Lipinski definition) is 9. The van der Waals surface area contributed by atoms with Crippen molar-refractivity contribution in [2.75, 3.05) is 0 Å². The first-order chi connectivity index (χ1) is 17.1. The minimum Gasteiger partial charge on any atom is -0.429 e. The number of carbonyl (C=O) groups excluding carboxylic acids is 2. The third kappa shape index (κ3) is 4.86. The molecule has 0 saturated heterocycles. The molecular formula is C26H17N3O4S2. The van der Waals surface area contributed by atoms with Crippen LogP contribution in [0.25, 0.3) is 43.0 Å². The molecule has 0 fully saturated rings. The zero-order valence-electron chi connectivity index (χ0n) is 18.4. The molecule has 0 bridgehead atoms. The number of pyridine rings is 3. The fourth-order valence-electron chi connectivity index (χ4n) is 3.54. The second-order valence-corrected chi connectivity index (χ2v) is 9.40. The van der Waals surface area contributed by atoms with E-state index in [0.29, 0.717) is 47.2 Å². The van der Waals surface area contributed by atoms with Crippen LogP contribution in [0.3, 0.4) is 0 Å². The van der Waals surface area contributed by atoms with Gasteiger partial charge in [0.25, 0.3) is 12.9 Å². The first kappa shape index (κ1) is 22.6. The lowest BCUT2D eigenvalue weighted by Crippen LogP contribution is -1.97. The summed E-state index contributed by atoms with van der Waals surface area (Å²) < 4.78 is 10.0. The second kappa shape index (κ2) is 9.96. The van der Waals surface area contributed by atoms with Crippen LogP contribution in [-0.2, 0) is 9.59 Å². The lowest BCUT2D eigenvalue weighted by molar-refractivity contribution is -0.121. The smallest absolute Gasteiger partial charge is 0.298 e. The quantitative estimate of drug-likeness (QED) is 0.240. The first-order valence-corrected chi connectivity index (χ1v) is 12.1. The van der Waals surface area contributed by atoms with Crippen LogP contribution < -0.4 is 9.47 Å². The Morgan fingerprint density at radius 3 is 2.11 bits per heavy atom. The SMILES string of the molecule is Cc1ccsc1-c1ccc(-c2ccnc(-c3cc(OC=O)cc(-c4cc(OC=O)ccn4)n3)c2)s1. The molecule has 0 aliphatic heterocycles. The van der Waals surface area contributed by atoms with Gasteiger partial charge < -0.3 is 9.47 Å². The molecule has 0 N–H and O–H groups in total. The fraction of sp³-hybridized carbons (Fsp3) is 0.0385. The van der Waals surface area contributed by atoms with E-state index in [1.165, 1.54) is 21.5 Å². The van der Waals surface area contributed by atoms with Crippen molar-refractivity contribution in [2.45, 2.75) is 6.92 Å². The van der Waals surface area contributed by atoms with Crippen LogP contribution >= 0.6 is 22.7 Å². The van der Waals surface area contributed by atoms with E-state index < -0.39 is 0 Å². The average molecular weight is 500 g/mol. The number of rotatable bonds is 8. The molecule has 35 heavy (non-hydrogen) atoms. The summed E-state index contributed by atoms with van der Waals surface area (Å²) in [7, 11) is 0. The van der Waals surface area contributed by atoms with Crippen molar-refractivity contribution in [1.82, 2.24) is 15.0 Å². The Labute approximate surface area is 208 Å². The van der Waals surface area contributed by atoms with Crippen LogP contribution in [0.1, 0.15) is 5.56 Å². The molecule has 5 heterocycles. The molecular weight excluding hydrogens is 482 g/mol. The average Bonchev–Trinajstić information content (AvgIpc) is 3.54. The topological polar surface area (TPSA) is 91.3 Å². The van der Waals surface area contributed by atoms with Crippen molar-refractivity contribution in [1.29, 1.82) is 0 Å². The molecule has 0 atom stereocenters. The third-order valence-corrected chi connectivity index (χ3v) is 7.49. The molecule has 5 aromatic heterocycles. The number of hydrogen-bond donors (Lipinski definition) is 0. The Balaban J connectivity index is 1.54. The number of aromatic nitrogens is 3. The predicted octanol–water partition coefficient (Wildman–Crippen LogP) is 6.04. The lowest BCUT2D eigenvalue weighted by Gasteiger charge is -2.09. The van der Waals surface area contributed by atoms with Gasteiger partial charge in [0.15, 0.2) is 0 Å². The number of aryl methyl sites for hydroxylation is 1. The maximum absolute atomic E-state index is 11.0. The minimum absolute atomic E-state index is 0.294. The molecule has 0 saturated carbocycles. The highest BCUT2D eigenvalue weighted by molar-refractivity contribution is 7.23. The zero-order chi connectivity index (χ0) is 24.2. The van der Waals surface area contributed by atoms with Gasteiger partial charge in [-0.25, -0.2) is 4.98 Å². The number of thiophene rings is 2. The summed E-state index contributed by atoms with van der Waals surface area (Å²) in [6.07, 6.45) is 3.23. The number of nitrogens with zero attached hydrogens (tertiary/aromatic N) is 3. The highest BCUT2D eigenvalue weighted by Gasteiger charge is 2.13. The fourth-order valence-corrected chi connectivity index (χ4v) is 5.66. The molecule has 0 aliphatic carbocycles. The third-order valence-electron chi connectivity index (χ3n) is 5.16. The van der Waals surface area contributed by atoms with Gasteiger partial charge >= 0.3 is 0 Å². The maximum Gasteiger partial charge on any atom is 0.298 e. The van der Waals surface area contributed by atoms with Crippen LogP contribution in [-0.4, -0.2) is 27.9 Å². The predicted molar refractivity (Wildman–Crippen MR) is 135 cm³/mol. The van der Waals surface area contributed by atoms with Crippen molar-refractivity contribution in [3.8, 4) is 54.5 Å². The van der Waals surface area contributed by atoms with Gasteiger partial charge in [0.1, 0.15) is 11.5 Å². The molecule has 0 aliphatic rings. The molecule has 7 nitrogen and oxygen atoms in total. The second-order valence-electron chi connectivity index (χ2n) is 7.40. The van der Waals surface area contributed by atoms with E-state index in [1.54, 1.807) is 53.1 Å². The normalized spacial score (nSPS) is 10.7. The molecule has 0 aromatic carbocycles. The van der Waals surface area contributed by atoms with Crippen LogP contribution in [0.15, 0.2) is 72.4 Å². The van der Waals surface area contributed by atoms with Crippen molar-refractivity contribution in [3.63, 3.8) is 0 Å². The highest BCUT2D eigenvalue weighted by Crippen LogP contribution is 2.39. The van der Waals surface area contributed by atoms with E-state index in [4.69, 9.17) is 9.47 Å². The van der Waals surface area contributed by atoms with E-state index in [-0.39, 0.29) is 0 Å². The Morgan fingerprint density at radius 1 is 0.743 bits per heavy atom. The van der Waals surface area contributed by atoms with Gasteiger partial charge in [-0.3, -0.25) is 19.6 Å². The summed E-state index contributed by atoms with van der Waals surface area (Å²) in [6, 6.07) is 16.6. The zero-order valence-corrected chi connectivity index (χ0v) is 20.0. The molecule has 5 rings (SSSR count). The van der Waals surface area contributed by atoms with Gasteiger partial charge in [-0.2, -0.15) is 0 Å². The molecule has 9 heteroatoms. The van der Waals surface area contributed by atoms with Gasteiger partial charge in [0.05, 0.1) is 22.8 Å². The van der Waals surface area contributed by atoms with Crippen LogP contribution in [0.5, 0.6) is 11.5 Å². The van der Waals surface area contributed by atoms with Crippen molar-refractivity contribution >= 4 is 35.6 Å². The van der Waals surface area contributed by atoms with Gasteiger partial charge in [-0.05, 0) is 59.8 Å². The van der Waals surface area contributed by atoms with E-state index in [9.17, 15) is 9.59 Å². The van der Waals surface area contributed by atoms with Gasteiger partial charge in [-0.15, -0.1) is 22.7 Å². The Kier molecular flexibility index (Phi) is 6.42. The summed E-state index contributed by atoms with van der Waals surface area (Å²) in [5, 5.41) is 2.10. The Morgan fingerprint density at radius 2 is 1.40 bits per heavy atom. The van der Waals surface area contributed by atoms with E-state index >= 15 is 0 Å². The highest BCUT2D eigenvalue weighted by atomic mass is 32.1. The molecule has 0 radical (unpaired) electrons. The van der Waals surface area contributed by atoms with Crippen molar-refractivity contribution < 1.29 is 19.1 Å².